The van der Waals surface area contributed by atoms with Gasteiger partial charge in [0.25, 0.3) is 0 Å². The van der Waals surface area contributed by atoms with E-state index in [2.05, 4.69) is 10.3 Å². The molecule has 2 aromatic carbocycles. The second-order valence-corrected chi connectivity index (χ2v) is 4.46. The average Bonchev–Trinajstić information content (AvgIpc) is 2.55. The number of ether oxygens (including phenoxy) is 2. The minimum Gasteiger partial charge on any atom is -0.497 e. The highest BCUT2D eigenvalue weighted by Gasteiger charge is 1.93. The van der Waals surface area contributed by atoms with Gasteiger partial charge in [-0.1, -0.05) is 0 Å². The molecule has 4 nitrogen and oxygen atoms in total. The van der Waals surface area contributed by atoms with Crippen LogP contribution in [0.4, 0.5) is 5.69 Å². The average molecular weight is 284 g/mol. The number of aliphatic imine (C=N–C) groups is 1. The van der Waals surface area contributed by atoms with Crippen LogP contribution in [0.15, 0.2) is 53.5 Å². The van der Waals surface area contributed by atoms with Crippen molar-refractivity contribution in [2.45, 2.75) is 0 Å². The molecule has 0 aliphatic rings. The molecule has 0 aliphatic heterocycles. The lowest BCUT2D eigenvalue weighted by Gasteiger charge is -2.05. The molecule has 0 aliphatic carbocycles. The molecule has 0 bridgehead atoms. The summed E-state index contributed by atoms with van der Waals surface area (Å²) in [7, 11) is 3.32. The molecule has 0 fully saturated rings. The third-order valence-electron chi connectivity index (χ3n) is 3.02. The Labute approximate surface area is 125 Å². The van der Waals surface area contributed by atoms with Gasteiger partial charge in [-0.2, -0.15) is 0 Å². The van der Waals surface area contributed by atoms with Crippen LogP contribution in [0.25, 0.3) is 0 Å². The van der Waals surface area contributed by atoms with Gasteiger partial charge < -0.3 is 14.8 Å². The van der Waals surface area contributed by atoms with Gasteiger partial charge in [-0.15, -0.1) is 0 Å². The zero-order chi connectivity index (χ0) is 14.9. The molecular formula is C17H20N2O2. The minimum absolute atomic E-state index is 0.720. The SMILES string of the molecule is COc1ccc(C=NCCNc2ccc(OC)cc2)cc1. The van der Waals surface area contributed by atoms with E-state index >= 15 is 0 Å². The lowest BCUT2D eigenvalue weighted by molar-refractivity contribution is 0.414. The van der Waals surface area contributed by atoms with Gasteiger partial charge in [0.2, 0.25) is 0 Å². The van der Waals surface area contributed by atoms with Crippen molar-refractivity contribution < 1.29 is 9.47 Å². The van der Waals surface area contributed by atoms with Crippen LogP contribution in [0, 0.1) is 0 Å². The highest BCUT2D eigenvalue weighted by Crippen LogP contribution is 2.14. The quantitative estimate of drug-likeness (QED) is 0.627. The number of benzene rings is 2. The number of methoxy groups -OCH3 is 2. The molecule has 4 heteroatoms. The van der Waals surface area contributed by atoms with E-state index in [1.807, 2.05) is 54.7 Å². The topological polar surface area (TPSA) is 42.8 Å². The lowest BCUT2D eigenvalue weighted by Crippen LogP contribution is -2.04. The number of anilines is 1. The summed E-state index contributed by atoms with van der Waals surface area (Å²) >= 11 is 0. The number of nitrogens with one attached hydrogen (secondary N) is 1. The van der Waals surface area contributed by atoms with Crippen LogP contribution in [-0.2, 0) is 0 Å². The Morgan fingerprint density at radius 2 is 1.48 bits per heavy atom. The first kappa shape index (κ1) is 14.9. The molecule has 2 aromatic rings. The maximum Gasteiger partial charge on any atom is 0.119 e. The van der Waals surface area contributed by atoms with Crippen LogP contribution in [0.2, 0.25) is 0 Å². The molecule has 21 heavy (non-hydrogen) atoms. The van der Waals surface area contributed by atoms with E-state index in [-0.39, 0.29) is 0 Å². The predicted molar refractivity (Wildman–Crippen MR) is 86.9 cm³/mol. The molecule has 0 amide bonds. The van der Waals surface area contributed by atoms with Gasteiger partial charge in [0.15, 0.2) is 0 Å². The van der Waals surface area contributed by atoms with Gasteiger partial charge in [-0.3, -0.25) is 4.99 Å². The van der Waals surface area contributed by atoms with E-state index < -0.39 is 0 Å². The van der Waals surface area contributed by atoms with Crippen LogP contribution in [0.3, 0.4) is 0 Å². The molecule has 0 spiro atoms. The Balaban J connectivity index is 1.74. The number of hydrogen-bond acceptors (Lipinski definition) is 4. The zero-order valence-corrected chi connectivity index (χ0v) is 12.4. The minimum atomic E-state index is 0.720. The number of nitrogens with zero attached hydrogens (tertiary/aromatic N) is 1. The van der Waals surface area contributed by atoms with Gasteiger partial charge >= 0.3 is 0 Å². The summed E-state index contributed by atoms with van der Waals surface area (Å²) in [6, 6.07) is 15.7. The Morgan fingerprint density at radius 1 is 0.905 bits per heavy atom. The summed E-state index contributed by atoms with van der Waals surface area (Å²) in [4.78, 5) is 4.39. The zero-order valence-electron chi connectivity index (χ0n) is 12.4. The van der Waals surface area contributed by atoms with Gasteiger partial charge in [0.1, 0.15) is 11.5 Å². The van der Waals surface area contributed by atoms with Crippen LogP contribution in [-0.4, -0.2) is 33.5 Å². The molecule has 0 atom stereocenters. The van der Waals surface area contributed by atoms with Crippen LogP contribution >= 0.6 is 0 Å². The van der Waals surface area contributed by atoms with Gasteiger partial charge in [0, 0.05) is 18.4 Å². The van der Waals surface area contributed by atoms with Crippen molar-refractivity contribution in [1.29, 1.82) is 0 Å². The van der Waals surface area contributed by atoms with Gasteiger partial charge in [-0.25, -0.2) is 0 Å². The molecule has 0 unspecified atom stereocenters. The molecule has 1 N–H and O–H groups in total. The van der Waals surface area contributed by atoms with Crippen molar-refractivity contribution in [3.63, 3.8) is 0 Å². The largest absolute Gasteiger partial charge is 0.497 e. The van der Waals surface area contributed by atoms with Crippen LogP contribution < -0.4 is 14.8 Å². The van der Waals surface area contributed by atoms with Crippen LogP contribution in [0.5, 0.6) is 11.5 Å². The first-order valence-corrected chi connectivity index (χ1v) is 6.83. The second-order valence-electron chi connectivity index (χ2n) is 4.46. The van der Waals surface area contributed by atoms with Gasteiger partial charge in [0.05, 0.1) is 20.8 Å². The molecule has 110 valence electrons. The molecule has 0 aromatic heterocycles. The second kappa shape index (κ2) is 7.94. The summed E-state index contributed by atoms with van der Waals surface area (Å²) in [6.07, 6.45) is 1.87. The van der Waals surface area contributed by atoms with E-state index in [1.165, 1.54) is 0 Å². The molecule has 0 saturated carbocycles. The van der Waals surface area contributed by atoms with E-state index in [1.54, 1.807) is 14.2 Å². The summed E-state index contributed by atoms with van der Waals surface area (Å²) < 4.78 is 10.2. The molecule has 0 radical (unpaired) electrons. The first-order valence-electron chi connectivity index (χ1n) is 6.83. The Bertz CT molecular complexity index is 562. The maximum atomic E-state index is 5.12. The van der Waals surface area contributed by atoms with Gasteiger partial charge in [-0.05, 0) is 54.1 Å². The third-order valence-corrected chi connectivity index (χ3v) is 3.02. The van der Waals surface area contributed by atoms with Crippen molar-refractivity contribution in [1.82, 2.24) is 0 Å². The van der Waals surface area contributed by atoms with Crippen molar-refractivity contribution in [3.05, 3.63) is 54.1 Å². The standard InChI is InChI=1S/C17H20N2O2/c1-20-16-7-3-14(4-8-16)13-18-11-12-19-15-5-9-17(21-2)10-6-15/h3-10,13,19H,11-12H2,1-2H3. The van der Waals surface area contributed by atoms with Crippen molar-refractivity contribution in [3.8, 4) is 11.5 Å². The normalized spacial score (nSPS) is 10.6. The fraction of sp³-hybridized carbons (Fsp3) is 0.235. The predicted octanol–water partition coefficient (Wildman–Crippen LogP) is 3.23. The molecule has 2 rings (SSSR count). The molecule has 0 heterocycles. The molecular weight excluding hydrogens is 264 g/mol. The summed E-state index contributed by atoms with van der Waals surface area (Å²) in [6.45, 7) is 1.51. The van der Waals surface area contributed by atoms with E-state index in [4.69, 9.17) is 9.47 Å². The third kappa shape index (κ3) is 4.84. The Kier molecular flexibility index (Phi) is 5.64. The van der Waals surface area contributed by atoms with Crippen LogP contribution in [0.1, 0.15) is 5.56 Å². The maximum absolute atomic E-state index is 5.12. The lowest BCUT2D eigenvalue weighted by atomic mass is 10.2. The molecule has 0 saturated heterocycles. The summed E-state index contributed by atoms with van der Waals surface area (Å²) in [5.41, 5.74) is 2.13. The van der Waals surface area contributed by atoms with E-state index in [0.717, 1.165) is 35.8 Å². The summed E-state index contributed by atoms with van der Waals surface area (Å²) in [5.74, 6) is 1.71. The fourth-order valence-electron chi connectivity index (χ4n) is 1.83. The Morgan fingerprint density at radius 3 is 2.05 bits per heavy atom. The van der Waals surface area contributed by atoms with E-state index in [0.29, 0.717) is 0 Å². The fourth-order valence-corrected chi connectivity index (χ4v) is 1.83. The monoisotopic (exact) mass is 284 g/mol. The smallest absolute Gasteiger partial charge is 0.119 e. The van der Waals surface area contributed by atoms with Crippen molar-refractivity contribution >= 4 is 11.9 Å². The van der Waals surface area contributed by atoms with Crippen molar-refractivity contribution in [2.75, 3.05) is 32.6 Å². The first-order chi connectivity index (χ1) is 10.3. The summed E-state index contributed by atoms with van der Waals surface area (Å²) in [5, 5.41) is 3.31. The highest BCUT2D eigenvalue weighted by atomic mass is 16.5. The van der Waals surface area contributed by atoms with E-state index in [9.17, 15) is 0 Å². The van der Waals surface area contributed by atoms with Crippen molar-refractivity contribution in [2.24, 2.45) is 4.99 Å². The highest BCUT2D eigenvalue weighted by molar-refractivity contribution is 5.79. The number of rotatable bonds is 7. The number of hydrogen-bond donors (Lipinski definition) is 1. The Hall–Kier alpha value is -2.49.